The number of hydrogen-bond acceptors (Lipinski definition) is 3. The van der Waals surface area contributed by atoms with Gasteiger partial charge in [-0.1, -0.05) is 54.1 Å². The molecule has 1 unspecified atom stereocenters. The molecule has 0 saturated carbocycles. The summed E-state index contributed by atoms with van der Waals surface area (Å²) in [4.78, 5) is 2.55. The fraction of sp³-hybridized carbons (Fsp3) is 0.250. The quantitative estimate of drug-likeness (QED) is 0.619. The van der Waals surface area contributed by atoms with E-state index in [2.05, 4.69) is 40.5 Å². The van der Waals surface area contributed by atoms with Gasteiger partial charge in [0.1, 0.15) is 11.5 Å². The van der Waals surface area contributed by atoms with E-state index in [1.54, 1.807) is 0 Å². The van der Waals surface area contributed by atoms with Crippen LogP contribution in [0.5, 0.6) is 11.5 Å². The van der Waals surface area contributed by atoms with Crippen LogP contribution in [-0.4, -0.2) is 31.1 Å². The molecule has 0 bridgehead atoms. The number of nitrogens with one attached hydrogen (secondary N) is 1. The molecule has 3 aromatic carbocycles. The summed E-state index contributed by atoms with van der Waals surface area (Å²) in [6.45, 7) is 4.15. The van der Waals surface area contributed by atoms with Gasteiger partial charge in [-0.05, 0) is 60.5 Å². The second-order valence-corrected chi connectivity index (χ2v) is 7.52. The summed E-state index contributed by atoms with van der Waals surface area (Å²) in [5.74, 6) is 1.71. The number of rotatable bonds is 5. The lowest BCUT2D eigenvalue weighted by Gasteiger charge is -2.31. The molecule has 1 atom stereocenters. The van der Waals surface area contributed by atoms with Crippen molar-refractivity contribution in [1.82, 2.24) is 10.2 Å². The van der Waals surface area contributed by atoms with Crippen LogP contribution in [0.15, 0.2) is 78.9 Å². The molecular formula is C24H25ClN2O. The summed E-state index contributed by atoms with van der Waals surface area (Å²) < 4.78 is 6.08. The van der Waals surface area contributed by atoms with Crippen molar-refractivity contribution >= 4 is 11.6 Å². The van der Waals surface area contributed by atoms with Gasteiger partial charge >= 0.3 is 0 Å². The van der Waals surface area contributed by atoms with Crippen LogP contribution in [0.3, 0.4) is 0 Å². The van der Waals surface area contributed by atoms with E-state index in [1.165, 1.54) is 11.1 Å². The number of hydrogen-bond donors (Lipinski definition) is 1. The van der Waals surface area contributed by atoms with E-state index >= 15 is 0 Å². The number of nitrogens with zero attached hydrogens (tertiary/aromatic N) is 1. The van der Waals surface area contributed by atoms with Gasteiger partial charge in [0.15, 0.2) is 0 Å². The SMILES string of the molecule is Clc1ccc(C(c2cccc(Oc3ccccc3)c2)N2CCCNCC2)cc1. The molecule has 4 heteroatoms. The van der Waals surface area contributed by atoms with Crippen molar-refractivity contribution in [2.24, 2.45) is 0 Å². The smallest absolute Gasteiger partial charge is 0.127 e. The van der Waals surface area contributed by atoms with Crippen LogP contribution >= 0.6 is 11.6 Å². The molecule has 0 aliphatic carbocycles. The second kappa shape index (κ2) is 9.24. The molecule has 3 aromatic rings. The Labute approximate surface area is 171 Å². The highest BCUT2D eigenvalue weighted by Gasteiger charge is 2.23. The van der Waals surface area contributed by atoms with Crippen molar-refractivity contribution in [1.29, 1.82) is 0 Å². The van der Waals surface area contributed by atoms with Gasteiger partial charge in [0.05, 0.1) is 6.04 Å². The lowest BCUT2D eigenvalue weighted by atomic mass is 9.96. The maximum absolute atomic E-state index is 6.15. The molecule has 3 nitrogen and oxygen atoms in total. The lowest BCUT2D eigenvalue weighted by Crippen LogP contribution is -2.33. The van der Waals surface area contributed by atoms with Crippen LogP contribution in [-0.2, 0) is 0 Å². The number of ether oxygens (including phenoxy) is 1. The first-order chi connectivity index (χ1) is 13.8. The fourth-order valence-corrected chi connectivity index (χ4v) is 3.88. The average molecular weight is 393 g/mol. The Morgan fingerprint density at radius 2 is 1.57 bits per heavy atom. The molecule has 1 aliphatic rings. The standard InChI is InChI=1S/C24H25ClN2O/c25-21-12-10-19(11-13-21)24(27-16-5-14-26-15-17-27)20-6-4-9-23(18-20)28-22-7-2-1-3-8-22/h1-4,6-13,18,24,26H,5,14-17H2. The van der Waals surface area contributed by atoms with Crippen LogP contribution in [0.4, 0.5) is 0 Å². The van der Waals surface area contributed by atoms with E-state index in [1.807, 2.05) is 48.5 Å². The number of benzene rings is 3. The van der Waals surface area contributed by atoms with Crippen molar-refractivity contribution in [2.45, 2.75) is 12.5 Å². The molecule has 0 aromatic heterocycles. The Hall–Kier alpha value is -2.33. The van der Waals surface area contributed by atoms with Gasteiger partial charge in [0.25, 0.3) is 0 Å². The Bertz CT molecular complexity index is 875. The third kappa shape index (κ3) is 4.74. The van der Waals surface area contributed by atoms with Crippen molar-refractivity contribution in [3.8, 4) is 11.5 Å². The zero-order valence-corrected chi connectivity index (χ0v) is 16.6. The van der Waals surface area contributed by atoms with Gasteiger partial charge in [-0.25, -0.2) is 0 Å². The Kier molecular flexibility index (Phi) is 6.27. The molecule has 1 fully saturated rings. The molecule has 1 heterocycles. The molecule has 1 saturated heterocycles. The molecule has 1 aliphatic heterocycles. The maximum atomic E-state index is 6.15. The molecule has 1 N–H and O–H groups in total. The normalized spacial score (nSPS) is 16.3. The summed E-state index contributed by atoms with van der Waals surface area (Å²) in [6.07, 6.45) is 1.14. The summed E-state index contributed by atoms with van der Waals surface area (Å²) in [7, 11) is 0. The van der Waals surface area contributed by atoms with Gasteiger partial charge < -0.3 is 10.1 Å². The van der Waals surface area contributed by atoms with E-state index in [9.17, 15) is 0 Å². The predicted molar refractivity (Wildman–Crippen MR) is 115 cm³/mol. The zero-order chi connectivity index (χ0) is 19.2. The third-order valence-corrected chi connectivity index (χ3v) is 5.33. The minimum absolute atomic E-state index is 0.177. The fourth-order valence-electron chi connectivity index (χ4n) is 3.76. The average Bonchev–Trinajstić information content (AvgIpc) is 3.00. The first kappa shape index (κ1) is 19.0. The zero-order valence-electron chi connectivity index (χ0n) is 15.9. The number of halogens is 1. The summed E-state index contributed by atoms with van der Waals surface area (Å²) in [5.41, 5.74) is 2.49. The van der Waals surface area contributed by atoms with Crippen LogP contribution < -0.4 is 10.1 Å². The summed E-state index contributed by atoms with van der Waals surface area (Å²) >= 11 is 6.15. The van der Waals surface area contributed by atoms with Gasteiger partial charge in [-0.2, -0.15) is 0 Å². The van der Waals surface area contributed by atoms with E-state index in [-0.39, 0.29) is 6.04 Å². The topological polar surface area (TPSA) is 24.5 Å². The van der Waals surface area contributed by atoms with Crippen molar-refractivity contribution in [2.75, 3.05) is 26.2 Å². The Morgan fingerprint density at radius 3 is 2.39 bits per heavy atom. The van der Waals surface area contributed by atoms with E-state index in [0.29, 0.717) is 0 Å². The van der Waals surface area contributed by atoms with Crippen LogP contribution in [0, 0.1) is 0 Å². The summed E-state index contributed by atoms with van der Waals surface area (Å²) in [6, 6.07) is 26.8. The van der Waals surface area contributed by atoms with Crippen molar-refractivity contribution in [3.63, 3.8) is 0 Å². The monoisotopic (exact) mass is 392 g/mol. The van der Waals surface area contributed by atoms with E-state index in [4.69, 9.17) is 16.3 Å². The third-order valence-electron chi connectivity index (χ3n) is 5.08. The minimum Gasteiger partial charge on any atom is -0.457 e. The van der Waals surface area contributed by atoms with Crippen molar-refractivity contribution in [3.05, 3.63) is 95.0 Å². The molecule has 28 heavy (non-hydrogen) atoms. The molecule has 0 spiro atoms. The second-order valence-electron chi connectivity index (χ2n) is 7.08. The highest BCUT2D eigenvalue weighted by molar-refractivity contribution is 6.30. The van der Waals surface area contributed by atoms with E-state index < -0.39 is 0 Å². The Balaban J connectivity index is 1.67. The van der Waals surface area contributed by atoms with Crippen LogP contribution in [0.1, 0.15) is 23.6 Å². The Morgan fingerprint density at radius 1 is 0.786 bits per heavy atom. The van der Waals surface area contributed by atoms with Gasteiger partial charge in [-0.15, -0.1) is 0 Å². The van der Waals surface area contributed by atoms with Crippen LogP contribution in [0.25, 0.3) is 0 Å². The molecule has 144 valence electrons. The molecule has 0 radical (unpaired) electrons. The highest BCUT2D eigenvalue weighted by atomic mass is 35.5. The van der Waals surface area contributed by atoms with Gasteiger partial charge in [-0.3, -0.25) is 4.90 Å². The molecule has 0 amide bonds. The first-order valence-corrected chi connectivity index (χ1v) is 10.2. The first-order valence-electron chi connectivity index (χ1n) is 9.83. The maximum Gasteiger partial charge on any atom is 0.127 e. The highest BCUT2D eigenvalue weighted by Crippen LogP contribution is 2.33. The minimum atomic E-state index is 0.177. The largest absolute Gasteiger partial charge is 0.457 e. The lowest BCUT2D eigenvalue weighted by molar-refractivity contribution is 0.241. The molecule has 4 rings (SSSR count). The van der Waals surface area contributed by atoms with Gasteiger partial charge in [0.2, 0.25) is 0 Å². The van der Waals surface area contributed by atoms with Gasteiger partial charge in [0, 0.05) is 24.7 Å². The van der Waals surface area contributed by atoms with Crippen molar-refractivity contribution < 1.29 is 4.74 Å². The molecular weight excluding hydrogens is 368 g/mol. The van der Waals surface area contributed by atoms with E-state index in [0.717, 1.165) is 49.1 Å². The van der Waals surface area contributed by atoms with Crippen LogP contribution in [0.2, 0.25) is 5.02 Å². The number of para-hydroxylation sites is 1. The predicted octanol–water partition coefficient (Wildman–Crippen LogP) is 5.52. The summed E-state index contributed by atoms with van der Waals surface area (Å²) in [5, 5.41) is 4.27.